The van der Waals surface area contributed by atoms with Crippen LogP contribution in [-0.2, 0) is 4.79 Å². The third kappa shape index (κ3) is 2.80. The summed E-state index contributed by atoms with van der Waals surface area (Å²) in [5.74, 6) is 0.504. The van der Waals surface area contributed by atoms with Gasteiger partial charge in [-0.1, -0.05) is 13.3 Å². The van der Waals surface area contributed by atoms with Crippen LogP contribution in [0.1, 0.15) is 44.2 Å². The summed E-state index contributed by atoms with van der Waals surface area (Å²) in [7, 11) is 0. The number of amides is 1. The Morgan fingerprint density at radius 1 is 1.75 bits per heavy atom. The topological polar surface area (TPSA) is 68.0 Å². The molecule has 0 saturated heterocycles. The lowest BCUT2D eigenvalue weighted by Crippen LogP contribution is -2.35. The van der Waals surface area contributed by atoms with Crippen molar-refractivity contribution in [1.82, 2.24) is 4.98 Å². The van der Waals surface area contributed by atoms with E-state index in [4.69, 9.17) is 5.73 Å². The molecule has 16 heavy (non-hydrogen) atoms. The Labute approximate surface area is 99.3 Å². The van der Waals surface area contributed by atoms with E-state index in [-0.39, 0.29) is 5.91 Å². The first-order valence-electron chi connectivity index (χ1n) is 5.72. The third-order valence-electron chi connectivity index (χ3n) is 2.68. The van der Waals surface area contributed by atoms with E-state index in [0.717, 1.165) is 12.1 Å². The predicted octanol–water partition coefficient (Wildman–Crippen LogP) is 2.09. The van der Waals surface area contributed by atoms with Crippen molar-refractivity contribution in [2.45, 2.75) is 44.6 Å². The van der Waals surface area contributed by atoms with Crippen molar-refractivity contribution in [3.63, 3.8) is 0 Å². The van der Waals surface area contributed by atoms with Gasteiger partial charge in [0.05, 0.1) is 11.7 Å². The summed E-state index contributed by atoms with van der Waals surface area (Å²) in [5.41, 5.74) is 6.83. The number of carbonyl (C=O) groups excluding carboxylic acids is 1. The lowest BCUT2D eigenvalue weighted by molar-refractivity contribution is -0.117. The summed E-state index contributed by atoms with van der Waals surface area (Å²) in [6, 6.07) is -0.418. The van der Waals surface area contributed by atoms with Crippen LogP contribution in [0.3, 0.4) is 0 Å². The zero-order valence-electron chi connectivity index (χ0n) is 9.40. The van der Waals surface area contributed by atoms with Gasteiger partial charge in [-0.15, -0.1) is 11.3 Å². The van der Waals surface area contributed by atoms with Crippen LogP contribution in [0.4, 0.5) is 5.13 Å². The van der Waals surface area contributed by atoms with Crippen LogP contribution in [0.2, 0.25) is 0 Å². The number of rotatable bonds is 5. The van der Waals surface area contributed by atoms with Crippen molar-refractivity contribution in [2.24, 2.45) is 5.73 Å². The molecule has 1 aromatic rings. The lowest BCUT2D eigenvalue weighted by atomic mass is 10.2. The Morgan fingerprint density at radius 3 is 3.12 bits per heavy atom. The van der Waals surface area contributed by atoms with Crippen LogP contribution < -0.4 is 11.1 Å². The van der Waals surface area contributed by atoms with Gasteiger partial charge in [0.25, 0.3) is 0 Å². The van der Waals surface area contributed by atoms with Crippen molar-refractivity contribution >= 4 is 22.4 Å². The molecule has 88 valence electrons. The Morgan fingerprint density at radius 2 is 2.50 bits per heavy atom. The number of nitrogens with two attached hydrogens (primary N) is 1. The van der Waals surface area contributed by atoms with Gasteiger partial charge in [0.1, 0.15) is 0 Å². The number of thiazole rings is 1. The summed E-state index contributed by atoms with van der Waals surface area (Å²) in [4.78, 5) is 16.0. The Kier molecular flexibility index (Phi) is 3.56. The van der Waals surface area contributed by atoms with Gasteiger partial charge in [-0.3, -0.25) is 4.79 Å². The van der Waals surface area contributed by atoms with E-state index < -0.39 is 6.04 Å². The maximum Gasteiger partial charge on any atom is 0.243 e. The Hall–Kier alpha value is -0.940. The normalized spacial score (nSPS) is 17.1. The molecule has 1 heterocycles. The van der Waals surface area contributed by atoms with Crippen LogP contribution >= 0.6 is 11.3 Å². The van der Waals surface area contributed by atoms with Gasteiger partial charge in [0, 0.05) is 11.3 Å². The van der Waals surface area contributed by atoms with Gasteiger partial charge in [-0.25, -0.2) is 4.98 Å². The molecule has 5 heteroatoms. The standard InChI is InChI=1S/C11H17N3OS/c1-2-3-8(12)10(15)14-11-13-9(6-16-11)7-4-5-7/h6-8H,2-5,12H2,1H3,(H,13,14,15)/t8-/m1/s1. The summed E-state index contributed by atoms with van der Waals surface area (Å²) >= 11 is 1.48. The van der Waals surface area contributed by atoms with E-state index in [0.29, 0.717) is 17.5 Å². The molecule has 1 atom stereocenters. The molecular weight excluding hydrogens is 222 g/mol. The van der Waals surface area contributed by atoms with Gasteiger partial charge in [0.2, 0.25) is 5.91 Å². The minimum absolute atomic E-state index is 0.126. The highest BCUT2D eigenvalue weighted by Crippen LogP contribution is 2.40. The number of nitrogens with one attached hydrogen (secondary N) is 1. The Bertz CT molecular complexity index is 373. The highest BCUT2D eigenvalue weighted by Gasteiger charge is 2.26. The van der Waals surface area contributed by atoms with Gasteiger partial charge in [0.15, 0.2) is 5.13 Å². The summed E-state index contributed by atoms with van der Waals surface area (Å²) in [6.45, 7) is 2.02. The molecule has 1 saturated carbocycles. The van der Waals surface area contributed by atoms with Gasteiger partial charge < -0.3 is 11.1 Å². The second-order valence-electron chi connectivity index (χ2n) is 4.24. The molecule has 1 aliphatic carbocycles. The molecular formula is C11H17N3OS. The predicted molar refractivity (Wildman–Crippen MR) is 65.6 cm³/mol. The van der Waals surface area contributed by atoms with Crippen molar-refractivity contribution in [3.8, 4) is 0 Å². The SMILES string of the molecule is CCC[C@@H](N)C(=O)Nc1nc(C2CC2)cs1. The fourth-order valence-corrected chi connectivity index (χ4v) is 2.35. The van der Waals surface area contributed by atoms with Crippen molar-refractivity contribution < 1.29 is 4.79 Å². The maximum atomic E-state index is 11.6. The number of aromatic nitrogens is 1. The van der Waals surface area contributed by atoms with Gasteiger partial charge in [-0.2, -0.15) is 0 Å². The molecule has 4 nitrogen and oxygen atoms in total. The fourth-order valence-electron chi connectivity index (χ4n) is 1.55. The second kappa shape index (κ2) is 4.93. The molecule has 0 bridgehead atoms. The molecule has 2 rings (SSSR count). The van der Waals surface area contributed by atoms with E-state index in [1.165, 1.54) is 24.2 Å². The van der Waals surface area contributed by atoms with Crippen molar-refractivity contribution in [1.29, 1.82) is 0 Å². The molecule has 1 aliphatic rings. The van der Waals surface area contributed by atoms with E-state index >= 15 is 0 Å². The minimum Gasteiger partial charge on any atom is -0.320 e. The minimum atomic E-state index is -0.418. The monoisotopic (exact) mass is 239 g/mol. The highest BCUT2D eigenvalue weighted by atomic mass is 32.1. The number of anilines is 1. The summed E-state index contributed by atoms with van der Waals surface area (Å²) in [6.07, 6.45) is 4.09. The van der Waals surface area contributed by atoms with E-state index in [1.807, 2.05) is 12.3 Å². The molecule has 1 aromatic heterocycles. The molecule has 0 aromatic carbocycles. The van der Waals surface area contributed by atoms with Crippen molar-refractivity contribution in [2.75, 3.05) is 5.32 Å². The van der Waals surface area contributed by atoms with Crippen molar-refractivity contribution in [3.05, 3.63) is 11.1 Å². The summed E-state index contributed by atoms with van der Waals surface area (Å²) in [5, 5.41) is 5.48. The summed E-state index contributed by atoms with van der Waals surface area (Å²) < 4.78 is 0. The number of carbonyl (C=O) groups is 1. The first-order chi connectivity index (χ1) is 7.70. The average Bonchev–Trinajstić information content (AvgIpc) is 3.01. The molecule has 0 spiro atoms. The van der Waals surface area contributed by atoms with Crippen LogP contribution in [0.15, 0.2) is 5.38 Å². The number of hydrogen-bond donors (Lipinski definition) is 2. The Balaban J connectivity index is 1.89. The molecule has 0 radical (unpaired) electrons. The smallest absolute Gasteiger partial charge is 0.243 e. The van der Waals surface area contributed by atoms with Gasteiger partial charge in [-0.05, 0) is 19.3 Å². The molecule has 0 aliphatic heterocycles. The van der Waals surface area contributed by atoms with Crippen LogP contribution in [0.25, 0.3) is 0 Å². The van der Waals surface area contributed by atoms with E-state index in [9.17, 15) is 4.79 Å². The fraction of sp³-hybridized carbons (Fsp3) is 0.636. The van der Waals surface area contributed by atoms with E-state index in [2.05, 4.69) is 10.3 Å². The van der Waals surface area contributed by atoms with Crippen LogP contribution in [-0.4, -0.2) is 16.9 Å². The second-order valence-corrected chi connectivity index (χ2v) is 5.09. The van der Waals surface area contributed by atoms with Crippen LogP contribution in [0.5, 0.6) is 0 Å². The lowest BCUT2D eigenvalue weighted by Gasteiger charge is -2.08. The zero-order valence-corrected chi connectivity index (χ0v) is 10.2. The largest absolute Gasteiger partial charge is 0.320 e. The molecule has 0 unspecified atom stereocenters. The quantitative estimate of drug-likeness (QED) is 0.826. The molecule has 1 fully saturated rings. The maximum absolute atomic E-state index is 11.6. The third-order valence-corrected chi connectivity index (χ3v) is 3.46. The molecule has 1 amide bonds. The first-order valence-corrected chi connectivity index (χ1v) is 6.60. The average molecular weight is 239 g/mol. The first kappa shape index (κ1) is 11.5. The van der Waals surface area contributed by atoms with E-state index in [1.54, 1.807) is 0 Å². The zero-order chi connectivity index (χ0) is 11.5. The number of nitrogens with zero attached hydrogens (tertiary/aromatic N) is 1. The molecule has 3 N–H and O–H groups in total. The van der Waals surface area contributed by atoms with Crippen LogP contribution in [0, 0.1) is 0 Å². The van der Waals surface area contributed by atoms with Gasteiger partial charge >= 0.3 is 0 Å². The highest BCUT2D eigenvalue weighted by molar-refractivity contribution is 7.13. The number of hydrogen-bond acceptors (Lipinski definition) is 4.